The van der Waals surface area contributed by atoms with Crippen LogP contribution in [0.1, 0.15) is 17.3 Å². The largest absolute Gasteiger partial charge is 0.326 e. The molecule has 2 N–H and O–H groups in total. The summed E-state index contributed by atoms with van der Waals surface area (Å²) in [5, 5.41) is 0. The highest BCUT2D eigenvalue weighted by molar-refractivity contribution is 7.92. The fraction of sp³-hybridized carbons (Fsp3) is 0.125. The van der Waals surface area contributed by atoms with E-state index in [-0.39, 0.29) is 16.4 Å². The van der Waals surface area contributed by atoms with E-state index in [9.17, 15) is 18.0 Å². The van der Waals surface area contributed by atoms with Gasteiger partial charge in [0.2, 0.25) is 0 Å². The van der Waals surface area contributed by atoms with Crippen molar-refractivity contribution in [3.05, 3.63) is 58.5 Å². The van der Waals surface area contributed by atoms with Crippen molar-refractivity contribution in [2.24, 2.45) is 7.05 Å². The molecular weight excluding hydrogens is 330 g/mol. The summed E-state index contributed by atoms with van der Waals surface area (Å²) in [6.45, 7) is 1.41. The number of aromatic nitrogens is 2. The van der Waals surface area contributed by atoms with Crippen molar-refractivity contribution < 1.29 is 13.2 Å². The average molecular weight is 345 g/mol. The normalized spacial score (nSPS) is 11.6. The molecule has 0 aliphatic rings. The standard InChI is InChI=1S/C16H15N3O4S/c1-10(20)11-3-6-13(7-4-11)24(22,23)18-12-5-8-15-14(9-12)17-16(21)19(15)2/h3-9,18H,1-2H3,(H,17,21). The fourth-order valence-corrected chi connectivity index (χ4v) is 3.43. The Morgan fingerprint density at radius 3 is 2.42 bits per heavy atom. The Balaban J connectivity index is 1.94. The molecule has 0 bridgehead atoms. The predicted octanol–water partition coefficient (Wildman–Crippen LogP) is 1.87. The SMILES string of the molecule is CC(=O)c1ccc(S(=O)(=O)Nc2ccc3c(c2)[nH]c(=O)n3C)cc1. The molecule has 0 fully saturated rings. The number of sulfonamides is 1. The van der Waals surface area contributed by atoms with Crippen LogP contribution in [0.2, 0.25) is 0 Å². The summed E-state index contributed by atoms with van der Waals surface area (Å²) >= 11 is 0. The van der Waals surface area contributed by atoms with Gasteiger partial charge in [0.25, 0.3) is 10.0 Å². The fourth-order valence-electron chi connectivity index (χ4n) is 2.38. The number of ketones is 1. The number of hydrogen-bond acceptors (Lipinski definition) is 4. The number of nitrogens with zero attached hydrogens (tertiary/aromatic N) is 1. The number of rotatable bonds is 4. The lowest BCUT2D eigenvalue weighted by Crippen LogP contribution is -2.13. The van der Waals surface area contributed by atoms with Gasteiger partial charge in [-0.25, -0.2) is 13.2 Å². The highest BCUT2D eigenvalue weighted by atomic mass is 32.2. The maximum Gasteiger partial charge on any atom is 0.326 e. The molecule has 1 heterocycles. The summed E-state index contributed by atoms with van der Waals surface area (Å²) in [6, 6.07) is 10.5. The molecule has 2 aromatic carbocycles. The highest BCUT2D eigenvalue weighted by Crippen LogP contribution is 2.20. The van der Waals surface area contributed by atoms with Gasteiger partial charge in [-0.3, -0.25) is 14.1 Å². The van der Waals surface area contributed by atoms with Crippen LogP contribution in [0, 0.1) is 0 Å². The lowest BCUT2D eigenvalue weighted by atomic mass is 10.2. The number of nitrogens with one attached hydrogen (secondary N) is 2. The molecule has 1 aromatic heterocycles. The van der Waals surface area contributed by atoms with Gasteiger partial charge in [-0.2, -0.15) is 0 Å². The van der Waals surface area contributed by atoms with Crippen LogP contribution in [-0.2, 0) is 17.1 Å². The number of Topliss-reactive ketones (excluding diaryl/α,β-unsaturated/α-hetero) is 1. The van der Waals surface area contributed by atoms with Gasteiger partial charge in [0.15, 0.2) is 5.78 Å². The monoisotopic (exact) mass is 345 g/mol. The van der Waals surface area contributed by atoms with E-state index >= 15 is 0 Å². The van der Waals surface area contributed by atoms with Crippen LogP contribution in [0.25, 0.3) is 11.0 Å². The number of carbonyl (C=O) groups is 1. The first kappa shape index (κ1) is 16.0. The third kappa shape index (κ3) is 2.83. The Morgan fingerprint density at radius 1 is 1.12 bits per heavy atom. The minimum atomic E-state index is -3.79. The Hall–Kier alpha value is -2.87. The first-order valence-corrected chi connectivity index (χ1v) is 8.59. The van der Waals surface area contributed by atoms with Crippen LogP contribution < -0.4 is 10.4 Å². The van der Waals surface area contributed by atoms with Gasteiger partial charge in [-0.15, -0.1) is 0 Å². The van der Waals surface area contributed by atoms with Crippen LogP contribution >= 0.6 is 0 Å². The topological polar surface area (TPSA) is 101 Å². The minimum Gasteiger partial charge on any atom is -0.305 e. The predicted molar refractivity (Wildman–Crippen MR) is 90.8 cm³/mol. The van der Waals surface area contributed by atoms with Crippen molar-refractivity contribution in [1.82, 2.24) is 9.55 Å². The molecule has 0 saturated heterocycles. The van der Waals surface area contributed by atoms with Crippen LogP contribution in [-0.4, -0.2) is 23.8 Å². The molecule has 0 aliphatic carbocycles. The lowest BCUT2D eigenvalue weighted by molar-refractivity contribution is 0.101. The highest BCUT2D eigenvalue weighted by Gasteiger charge is 2.15. The van der Waals surface area contributed by atoms with E-state index < -0.39 is 10.0 Å². The second-order valence-electron chi connectivity index (χ2n) is 5.41. The molecule has 3 rings (SSSR count). The smallest absolute Gasteiger partial charge is 0.305 e. The molecule has 7 nitrogen and oxygen atoms in total. The molecule has 0 unspecified atom stereocenters. The number of imidazole rings is 1. The molecular formula is C16H15N3O4S. The van der Waals surface area contributed by atoms with E-state index in [0.29, 0.717) is 22.3 Å². The molecule has 3 aromatic rings. The molecule has 0 saturated carbocycles. The molecule has 124 valence electrons. The molecule has 0 radical (unpaired) electrons. The van der Waals surface area contributed by atoms with Crippen molar-refractivity contribution in [1.29, 1.82) is 0 Å². The number of carbonyl (C=O) groups excluding carboxylic acids is 1. The van der Waals surface area contributed by atoms with Crippen molar-refractivity contribution >= 4 is 32.5 Å². The van der Waals surface area contributed by atoms with Gasteiger partial charge in [-0.1, -0.05) is 12.1 Å². The summed E-state index contributed by atoms with van der Waals surface area (Å²) in [6.07, 6.45) is 0. The summed E-state index contributed by atoms with van der Waals surface area (Å²) in [4.78, 5) is 25.5. The third-order valence-corrected chi connectivity index (χ3v) is 5.12. The summed E-state index contributed by atoms with van der Waals surface area (Å²) in [5.41, 5.74) is 1.71. The summed E-state index contributed by atoms with van der Waals surface area (Å²) in [7, 11) is -2.16. The minimum absolute atomic E-state index is 0.0501. The molecule has 24 heavy (non-hydrogen) atoms. The summed E-state index contributed by atoms with van der Waals surface area (Å²) in [5.74, 6) is -0.134. The zero-order valence-electron chi connectivity index (χ0n) is 13.0. The molecule has 0 spiro atoms. The third-order valence-electron chi connectivity index (χ3n) is 3.73. The summed E-state index contributed by atoms with van der Waals surface area (Å²) < 4.78 is 28.7. The lowest BCUT2D eigenvalue weighted by Gasteiger charge is -2.08. The van der Waals surface area contributed by atoms with Gasteiger partial charge >= 0.3 is 5.69 Å². The van der Waals surface area contributed by atoms with Crippen molar-refractivity contribution in [2.45, 2.75) is 11.8 Å². The molecule has 0 atom stereocenters. The van der Waals surface area contributed by atoms with Gasteiger partial charge in [-0.05, 0) is 37.3 Å². The van der Waals surface area contributed by atoms with E-state index in [2.05, 4.69) is 9.71 Å². The Labute approximate surface area is 138 Å². The molecule has 8 heteroatoms. The van der Waals surface area contributed by atoms with E-state index in [4.69, 9.17) is 0 Å². The van der Waals surface area contributed by atoms with E-state index in [1.165, 1.54) is 35.8 Å². The Kier molecular flexibility index (Phi) is 3.76. The second-order valence-corrected chi connectivity index (χ2v) is 7.09. The van der Waals surface area contributed by atoms with Crippen molar-refractivity contribution in [3.63, 3.8) is 0 Å². The Bertz CT molecular complexity index is 1090. The number of benzene rings is 2. The van der Waals surface area contributed by atoms with Gasteiger partial charge in [0, 0.05) is 12.6 Å². The second kappa shape index (κ2) is 5.64. The zero-order chi connectivity index (χ0) is 17.5. The van der Waals surface area contributed by atoms with Gasteiger partial charge in [0.1, 0.15) is 0 Å². The van der Waals surface area contributed by atoms with E-state index in [0.717, 1.165) is 0 Å². The first-order chi connectivity index (χ1) is 11.3. The van der Waals surface area contributed by atoms with E-state index in [1.807, 2.05) is 0 Å². The maximum atomic E-state index is 12.4. The van der Waals surface area contributed by atoms with Crippen molar-refractivity contribution in [2.75, 3.05) is 4.72 Å². The number of aromatic amines is 1. The van der Waals surface area contributed by atoms with E-state index in [1.54, 1.807) is 25.2 Å². The molecule has 0 aliphatic heterocycles. The van der Waals surface area contributed by atoms with Crippen LogP contribution in [0.5, 0.6) is 0 Å². The first-order valence-electron chi connectivity index (χ1n) is 7.10. The zero-order valence-corrected chi connectivity index (χ0v) is 13.8. The number of anilines is 1. The van der Waals surface area contributed by atoms with Crippen LogP contribution in [0.15, 0.2) is 52.2 Å². The van der Waals surface area contributed by atoms with Crippen LogP contribution in [0.4, 0.5) is 5.69 Å². The van der Waals surface area contributed by atoms with Crippen LogP contribution in [0.3, 0.4) is 0 Å². The molecule has 0 amide bonds. The number of hydrogen-bond donors (Lipinski definition) is 2. The van der Waals surface area contributed by atoms with Gasteiger partial charge < -0.3 is 4.98 Å². The maximum absolute atomic E-state index is 12.4. The quantitative estimate of drug-likeness (QED) is 0.705. The number of H-pyrrole nitrogens is 1. The Morgan fingerprint density at radius 2 is 1.79 bits per heavy atom. The van der Waals surface area contributed by atoms with Gasteiger partial charge in [0.05, 0.1) is 21.6 Å². The van der Waals surface area contributed by atoms with Crippen molar-refractivity contribution in [3.8, 4) is 0 Å². The average Bonchev–Trinajstić information content (AvgIpc) is 2.81. The number of aryl methyl sites for hydroxylation is 1. The number of fused-ring (bicyclic) bond motifs is 1.